The minimum Gasteiger partial charge on any atom is -0.325 e. The molecule has 25 heavy (non-hydrogen) atoms. The summed E-state index contributed by atoms with van der Waals surface area (Å²) in [5, 5.41) is 3.24. The van der Waals surface area contributed by atoms with Gasteiger partial charge in [0.05, 0.1) is 5.92 Å². The maximum atomic E-state index is 12.8. The Bertz CT molecular complexity index is 689. The third kappa shape index (κ3) is 4.29. The molecule has 3 nitrogen and oxygen atoms in total. The number of nitrogens with zero attached hydrogens (tertiary/aromatic N) is 1. The number of hydrogen-bond acceptors (Lipinski definition) is 2. The maximum absolute atomic E-state index is 12.8. The van der Waals surface area contributed by atoms with Crippen molar-refractivity contribution in [3.8, 4) is 0 Å². The van der Waals surface area contributed by atoms with Gasteiger partial charge in [0, 0.05) is 18.8 Å². The van der Waals surface area contributed by atoms with Crippen molar-refractivity contribution in [2.45, 2.75) is 39.7 Å². The predicted molar refractivity (Wildman–Crippen MR) is 104 cm³/mol. The topological polar surface area (TPSA) is 32.3 Å². The van der Waals surface area contributed by atoms with E-state index in [0.29, 0.717) is 0 Å². The molecule has 1 amide bonds. The normalized spacial score (nSPS) is 17.6. The Balaban J connectivity index is 1.63. The van der Waals surface area contributed by atoms with E-state index in [0.717, 1.165) is 44.6 Å². The van der Waals surface area contributed by atoms with Gasteiger partial charge in [0.15, 0.2) is 0 Å². The number of carbonyl (C=O) groups is 1. The third-order valence-electron chi connectivity index (χ3n) is 5.14. The van der Waals surface area contributed by atoms with Crippen molar-refractivity contribution in [3.63, 3.8) is 0 Å². The summed E-state index contributed by atoms with van der Waals surface area (Å²) >= 11 is 0. The SMILES string of the molecule is CCc1cccc(CC)c1NC(=O)C1CCN(Cc2ccccc2)C1. The van der Waals surface area contributed by atoms with Crippen LogP contribution in [0.3, 0.4) is 0 Å². The van der Waals surface area contributed by atoms with E-state index in [9.17, 15) is 4.79 Å². The summed E-state index contributed by atoms with van der Waals surface area (Å²) in [6.07, 6.45) is 2.82. The molecule has 0 radical (unpaired) electrons. The van der Waals surface area contributed by atoms with Crippen molar-refractivity contribution in [3.05, 3.63) is 65.2 Å². The lowest BCUT2D eigenvalue weighted by Crippen LogP contribution is -2.27. The molecule has 0 spiro atoms. The molecule has 1 atom stereocenters. The van der Waals surface area contributed by atoms with Gasteiger partial charge >= 0.3 is 0 Å². The second kappa shape index (κ2) is 8.30. The first-order valence-electron chi connectivity index (χ1n) is 9.39. The van der Waals surface area contributed by atoms with Crippen molar-refractivity contribution >= 4 is 11.6 Å². The number of para-hydroxylation sites is 1. The molecule has 132 valence electrons. The zero-order valence-corrected chi connectivity index (χ0v) is 15.3. The number of hydrogen-bond donors (Lipinski definition) is 1. The van der Waals surface area contributed by atoms with E-state index >= 15 is 0 Å². The van der Waals surface area contributed by atoms with Gasteiger partial charge in [-0.3, -0.25) is 9.69 Å². The van der Waals surface area contributed by atoms with Gasteiger partial charge < -0.3 is 5.32 Å². The Morgan fingerprint density at radius 1 is 1.04 bits per heavy atom. The number of likely N-dealkylation sites (tertiary alicyclic amines) is 1. The van der Waals surface area contributed by atoms with Crippen LogP contribution in [0.4, 0.5) is 5.69 Å². The molecule has 0 bridgehead atoms. The first-order chi connectivity index (χ1) is 12.2. The van der Waals surface area contributed by atoms with Crippen LogP contribution in [0.15, 0.2) is 48.5 Å². The minimum absolute atomic E-state index is 0.0818. The molecule has 0 aromatic heterocycles. The number of amides is 1. The Hall–Kier alpha value is -2.13. The molecule has 0 saturated carbocycles. The van der Waals surface area contributed by atoms with E-state index in [2.05, 4.69) is 66.5 Å². The zero-order chi connectivity index (χ0) is 17.6. The predicted octanol–water partition coefficient (Wildman–Crippen LogP) is 4.27. The zero-order valence-electron chi connectivity index (χ0n) is 15.3. The number of carbonyl (C=O) groups excluding carboxylic acids is 1. The highest BCUT2D eigenvalue weighted by molar-refractivity contribution is 5.94. The Morgan fingerprint density at radius 2 is 1.72 bits per heavy atom. The highest BCUT2D eigenvalue weighted by Crippen LogP contribution is 2.25. The quantitative estimate of drug-likeness (QED) is 0.854. The van der Waals surface area contributed by atoms with Crippen molar-refractivity contribution in [2.75, 3.05) is 18.4 Å². The summed E-state index contributed by atoms with van der Waals surface area (Å²) in [5.74, 6) is 0.254. The van der Waals surface area contributed by atoms with Gasteiger partial charge in [0.2, 0.25) is 5.91 Å². The van der Waals surface area contributed by atoms with Crippen LogP contribution in [0, 0.1) is 5.92 Å². The highest BCUT2D eigenvalue weighted by Gasteiger charge is 2.28. The third-order valence-corrected chi connectivity index (χ3v) is 5.14. The molecule has 1 aliphatic rings. The molecule has 1 heterocycles. The largest absolute Gasteiger partial charge is 0.325 e. The summed E-state index contributed by atoms with van der Waals surface area (Å²) in [6, 6.07) is 16.8. The van der Waals surface area contributed by atoms with Crippen molar-refractivity contribution < 1.29 is 4.79 Å². The minimum atomic E-state index is 0.0818. The van der Waals surface area contributed by atoms with Crippen LogP contribution in [-0.4, -0.2) is 23.9 Å². The van der Waals surface area contributed by atoms with Gasteiger partial charge in [-0.15, -0.1) is 0 Å². The van der Waals surface area contributed by atoms with Crippen molar-refractivity contribution in [2.24, 2.45) is 5.92 Å². The summed E-state index contributed by atoms with van der Waals surface area (Å²) in [6.45, 7) is 7.04. The summed E-state index contributed by atoms with van der Waals surface area (Å²) in [5.41, 5.74) is 4.81. The van der Waals surface area contributed by atoms with E-state index in [1.807, 2.05) is 6.07 Å². The van der Waals surface area contributed by atoms with Crippen molar-refractivity contribution in [1.82, 2.24) is 4.90 Å². The van der Waals surface area contributed by atoms with E-state index in [1.54, 1.807) is 0 Å². The molecule has 1 saturated heterocycles. The average Bonchev–Trinajstić information content (AvgIpc) is 3.11. The molecule has 1 aliphatic heterocycles. The molecular weight excluding hydrogens is 308 g/mol. The number of benzene rings is 2. The molecule has 1 N–H and O–H groups in total. The number of nitrogens with one attached hydrogen (secondary N) is 1. The van der Waals surface area contributed by atoms with Crippen LogP contribution < -0.4 is 5.32 Å². The molecule has 2 aromatic rings. The molecule has 1 unspecified atom stereocenters. The monoisotopic (exact) mass is 336 g/mol. The number of rotatable bonds is 6. The lowest BCUT2D eigenvalue weighted by Gasteiger charge is -2.18. The fourth-order valence-corrected chi connectivity index (χ4v) is 3.66. The Kier molecular flexibility index (Phi) is 5.87. The van der Waals surface area contributed by atoms with E-state index < -0.39 is 0 Å². The van der Waals surface area contributed by atoms with Gasteiger partial charge in [-0.1, -0.05) is 62.4 Å². The van der Waals surface area contributed by atoms with Crippen LogP contribution >= 0.6 is 0 Å². The second-order valence-corrected chi connectivity index (χ2v) is 6.85. The summed E-state index contributed by atoms with van der Waals surface area (Å²) in [7, 11) is 0. The van der Waals surface area contributed by atoms with E-state index in [4.69, 9.17) is 0 Å². The van der Waals surface area contributed by atoms with E-state index in [-0.39, 0.29) is 11.8 Å². The maximum Gasteiger partial charge on any atom is 0.228 e. The van der Waals surface area contributed by atoms with Crippen LogP contribution in [0.25, 0.3) is 0 Å². The van der Waals surface area contributed by atoms with E-state index in [1.165, 1.54) is 16.7 Å². The Morgan fingerprint density at radius 3 is 2.36 bits per heavy atom. The second-order valence-electron chi connectivity index (χ2n) is 6.85. The van der Waals surface area contributed by atoms with Crippen LogP contribution in [0.5, 0.6) is 0 Å². The lowest BCUT2D eigenvalue weighted by atomic mass is 10.0. The van der Waals surface area contributed by atoms with Gasteiger partial charge in [-0.25, -0.2) is 0 Å². The highest BCUT2D eigenvalue weighted by atomic mass is 16.1. The summed E-state index contributed by atoms with van der Waals surface area (Å²) < 4.78 is 0. The fourth-order valence-electron chi connectivity index (χ4n) is 3.66. The smallest absolute Gasteiger partial charge is 0.228 e. The van der Waals surface area contributed by atoms with Crippen molar-refractivity contribution in [1.29, 1.82) is 0 Å². The lowest BCUT2D eigenvalue weighted by molar-refractivity contribution is -0.119. The molecular formula is C22H28N2O. The first kappa shape index (κ1) is 17.7. The standard InChI is InChI=1S/C22H28N2O/c1-3-18-11-8-12-19(4-2)21(18)23-22(25)20-13-14-24(16-20)15-17-9-6-5-7-10-17/h5-12,20H,3-4,13-16H2,1-2H3,(H,23,25). The molecule has 3 rings (SSSR count). The van der Waals surface area contributed by atoms with Gasteiger partial charge in [-0.2, -0.15) is 0 Å². The summed E-state index contributed by atoms with van der Waals surface area (Å²) in [4.78, 5) is 15.2. The number of anilines is 1. The molecule has 1 fully saturated rings. The van der Waals surface area contributed by atoms with Gasteiger partial charge in [0.25, 0.3) is 0 Å². The number of aryl methyl sites for hydroxylation is 2. The fraction of sp³-hybridized carbons (Fsp3) is 0.409. The molecule has 3 heteroatoms. The van der Waals surface area contributed by atoms with Crippen LogP contribution in [0.2, 0.25) is 0 Å². The van der Waals surface area contributed by atoms with Crippen LogP contribution in [-0.2, 0) is 24.2 Å². The molecule has 2 aromatic carbocycles. The van der Waals surface area contributed by atoms with Gasteiger partial charge in [0.1, 0.15) is 0 Å². The average molecular weight is 336 g/mol. The Labute approximate surface area is 151 Å². The first-order valence-corrected chi connectivity index (χ1v) is 9.39. The van der Waals surface area contributed by atoms with Crippen LogP contribution in [0.1, 0.15) is 37.0 Å². The van der Waals surface area contributed by atoms with Gasteiger partial charge in [-0.05, 0) is 42.5 Å². The molecule has 0 aliphatic carbocycles.